The molecule has 1 saturated carbocycles. The molecule has 2 aromatic rings. The first-order chi connectivity index (χ1) is 15.3. The van der Waals surface area contributed by atoms with Crippen molar-refractivity contribution in [2.75, 3.05) is 26.2 Å². The molecule has 0 bridgehead atoms. The number of carbonyl (C=O) groups excluding carboxylic acids is 1. The minimum Gasteiger partial charge on any atom is -0.336 e. The van der Waals surface area contributed by atoms with Gasteiger partial charge in [0.25, 0.3) is 5.91 Å². The summed E-state index contributed by atoms with van der Waals surface area (Å²) in [6.45, 7) is 5.64. The predicted molar refractivity (Wildman–Crippen MR) is 129 cm³/mol. The molecule has 0 radical (unpaired) electrons. The van der Waals surface area contributed by atoms with E-state index in [1.165, 1.54) is 56.9 Å². The lowest BCUT2D eigenvalue weighted by atomic mass is 9.76. The number of unbranched alkanes of at least 4 members (excludes halogenated alkanes) is 2. The van der Waals surface area contributed by atoms with Crippen molar-refractivity contribution >= 4 is 5.91 Å². The summed E-state index contributed by atoms with van der Waals surface area (Å²) in [6, 6.07) is 17.1. The van der Waals surface area contributed by atoms with Crippen molar-refractivity contribution in [1.82, 2.24) is 10.2 Å². The number of carbonyl (C=O) groups is 1. The van der Waals surface area contributed by atoms with Crippen molar-refractivity contribution in [1.29, 1.82) is 0 Å². The van der Waals surface area contributed by atoms with Gasteiger partial charge in [-0.2, -0.15) is 0 Å². The SMILES string of the molecule is CCCCCC1CCC(c2ccc(-c3ccccc3)c(C(=O)N3CCNCC3)c2)CC1. The van der Waals surface area contributed by atoms with Gasteiger partial charge in [0.2, 0.25) is 0 Å². The van der Waals surface area contributed by atoms with Crippen molar-refractivity contribution in [3.63, 3.8) is 0 Å². The lowest BCUT2D eigenvalue weighted by Gasteiger charge is -2.31. The van der Waals surface area contributed by atoms with E-state index in [0.717, 1.165) is 48.8 Å². The number of rotatable bonds is 7. The van der Waals surface area contributed by atoms with Gasteiger partial charge in [-0.1, -0.05) is 75.1 Å². The Morgan fingerprint density at radius 2 is 1.71 bits per heavy atom. The van der Waals surface area contributed by atoms with Gasteiger partial charge in [0.1, 0.15) is 0 Å². The van der Waals surface area contributed by atoms with Gasteiger partial charge in [-0.3, -0.25) is 4.79 Å². The second-order valence-electron chi connectivity index (χ2n) is 9.43. The van der Waals surface area contributed by atoms with Crippen molar-refractivity contribution in [2.24, 2.45) is 5.92 Å². The van der Waals surface area contributed by atoms with Gasteiger partial charge in [-0.05, 0) is 60.3 Å². The number of benzene rings is 2. The maximum atomic E-state index is 13.5. The van der Waals surface area contributed by atoms with Gasteiger partial charge in [0.15, 0.2) is 0 Å². The Morgan fingerprint density at radius 1 is 0.968 bits per heavy atom. The second-order valence-corrected chi connectivity index (χ2v) is 9.43. The van der Waals surface area contributed by atoms with Gasteiger partial charge >= 0.3 is 0 Å². The van der Waals surface area contributed by atoms with Crippen LogP contribution in [0.4, 0.5) is 0 Å². The first-order valence-electron chi connectivity index (χ1n) is 12.5. The smallest absolute Gasteiger partial charge is 0.254 e. The van der Waals surface area contributed by atoms with Crippen LogP contribution in [0.15, 0.2) is 48.5 Å². The topological polar surface area (TPSA) is 32.3 Å². The monoisotopic (exact) mass is 418 g/mol. The molecule has 3 heteroatoms. The van der Waals surface area contributed by atoms with Gasteiger partial charge in [0.05, 0.1) is 0 Å². The third-order valence-corrected chi connectivity index (χ3v) is 7.30. The zero-order valence-electron chi connectivity index (χ0n) is 19.1. The Balaban J connectivity index is 1.54. The Kier molecular flexibility index (Phi) is 7.80. The average Bonchev–Trinajstić information content (AvgIpc) is 2.85. The first-order valence-corrected chi connectivity index (χ1v) is 12.5. The average molecular weight is 419 g/mol. The third-order valence-electron chi connectivity index (χ3n) is 7.30. The van der Waals surface area contributed by atoms with Crippen LogP contribution in [0.5, 0.6) is 0 Å². The molecule has 1 aliphatic carbocycles. The van der Waals surface area contributed by atoms with Crippen molar-refractivity contribution in [3.05, 3.63) is 59.7 Å². The molecule has 31 heavy (non-hydrogen) atoms. The largest absolute Gasteiger partial charge is 0.336 e. The van der Waals surface area contributed by atoms with Crippen LogP contribution in [0.2, 0.25) is 0 Å². The van der Waals surface area contributed by atoms with E-state index in [1.807, 2.05) is 11.0 Å². The zero-order chi connectivity index (χ0) is 21.5. The van der Waals surface area contributed by atoms with Crippen LogP contribution in [0, 0.1) is 5.92 Å². The minimum absolute atomic E-state index is 0.190. The molecule has 2 fully saturated rings. The molecule has 0 unspecified atom stereocenters. The summed E-state index contributed by atoms with van der Waals surface area (Å²) in [5.41, 5.74) is 4.45. The van der Waals surface area contributed by atoms with Crippen LogP contribution < -0.4 is 5.32 Å². The number of hydrogen-bond donors (Lipinski definition) is 1. The van der Waals surface area contributed by atoms with Crippen molar-refractivity contribution in [3.8, 4) is 11.1 Å². The fourth-order valence-corrected chi connectivity index (χ4v) is 5.37. The van der Waals surface area contributed by atoms with E-state index < -0.39 is 0 Å². The van der Waals surface area contributed by atoms with Crippen LogP contribution in [0.25, 0.3) is 11.1 Å². The Labute approximate surface area is 188 Å². The molecule has 4 rings (SSSR count). The van der Waals surface area contributed by atoms with Crippen molar-refractivity contribution < 1.29 is 4.79 Å². The van der Waals surface area contributed by atoms with Gasteiger partial charge < -0.3 is 10.2 Å². The molecule has 0 atom stereocenters. The lowest BCUT2D eigenvalue weighted by molar-refractivity contribution is 0.0736. The molecule has 166 valence electrons. The molecule has 2 aliphatic rings. The summed E-state index contributed by atoms with van der Waals surface area (Å²) in [7, 11) is 0. The molecular formula is C28H38N2O. The van der Waals surface area contributed by atoms with Crippen LogP contribution in [0.1, 0.15) is 80.1 Å². The van der Waals surface area contributed by atoms with E-state index in [-0.39, 0.29) is 5.91 Å². The van der Waals surface area contributed by atoms with Gasteiger partial charge in [-0.15, -0.1) is 0 Å². The molecule has 1 saturated heterocycles. The molecule has 0 spiro atoms. The lowest BCUT2D eigenvalue weighted by Crippen LogP contribution is -2.46. The number of nitrogens with one attached hydrogen (secondary N) is 1. The van der Waals surface area contributed by atoms with E-state index in [4.69, 9.17) is 0 Å². The highest BCUT2D eigenvalue weighted by atomic mass is 16.2. The quantitative estimate of drug-likeness (QED) is 0.539. The normalized spacial score (nSPS) is 21.8. The minimum atomic E-state index is 0.190. The standard InChI is InChI=1S/C28H38N2O/c1-2-3-5-8-22-11-13-23(14-12-22)25-15-16-26(24-9-6-4-7-10-24)27(21-25)28(31)30-19-17-29-18-20-30/h4,6-7,9-10,15-16,21-23,29H,2-3,5,8,11-14,17-20H2,1H3. The summed E-state index contributed by atoms with van der Waals surface area (Å²) in [5, 5.41) is 3.36. The number of piperazine rings is 1. The van der Waals surface area contributed by atoms with Crippen molar-refractivity contribution in [2.45, 2.75) is 64.2 Å². The van der Waals surface area contributed by atoms with Crippen LogP contribution in [-0.4, -0.2) is 37.0 Å². The number of nitrogens with zero attached hydrogens (tertiary/aromatic N) is 1. The summed E-state index contributed by atoms with van der Waals surface area (Å²) < 4.78 is 0. The maximum absolute atomic E-state index is 13.5. The van der Waals surface area contributed by atoms with Crippen LogP contribution >= 0.6 is 0 Å². The molecule has 1 aliphatic heterocycles. The molecule has 1 amide bonds. The summed E-state index contributed by atoms with van der Waals surface area (Å²) in [5.74, 6) is 1.70. The van der Waals surface area contributed by atoms with E-state index in [9.17, 15) is 4.79 Å². The fraction of sp³-hybridized carbons (Fsp3) is 0.536. The van der Waals surface area contributed by atoms with E-state index in [1.54, 1.807) is 0 Å². The zero-order valence-corrected chi connectivity index (χ0v) is 19.1. The van der Waals surface area contributed by atoms with Crippen LogP contribution in [-0.2, 0) is 0 Å². The number of amides is 1. The van der Waals surface area contributed by atoms with Gasteiger partial charge in [0, 0.05) is 31.7 Å². The summed E-state index contributed by atoms with van der Waals surface area (Å²) >= 11 is 0. The highest BCUT2D eigenvalue weighted by Crippen LogP contribution is 2.39. The van der Waals surface area contributed by atoms with Gasteiger partial charge in [-0.25, -0.2) is 0 Å². The molecule has 2 aromatic carbocycles. The Morgan fingerprint density at radius 3 is 2.42 bits per heavy atom. The molecule has 1 heterocycles. The number of hydrogen-bond acceptors (Lipinski definition) is 2. The fourth-order valence-electron chi connectivity index (χ4n) is 5.37. The highest BCUT2D eigenvalue weighted by molar-refractivity contribution is 6.01. The molecule has 3 nitrogen and oxygen atoms in total. The summed E-state index contributed by atoms with van der Waals surface area (Å²) in [6.07, 6.45) is 10.7. The molecular weight excluding hydrogens is 380 g/mol. The van der Waals surface area contributed by atoms with E-state index in [0.29, 0.717) is 5.92 Å². The van der Waals surface area contributed by atoms with E-state index >= 15 is 0 Å². The third kappa shape index (κ3) is 5.57. The highest BCUT2D eigenvalue weighted by Gasteiger charge is 2.26. The van der Waals surface area contributed by atoms with E-state index in [2.05, 4.69) is 54.7 Å². The Bertz CT molecular complexity index is 833. The molecule has 1 N–H and O–H groups in total. The summed E-state index contributed by atoms with van der Waals surface area (Å²) in [4.78, 5) is 15.5. The second kappa shape index (κ2) is 10.9. The first kappa shape index (κ1) is 22.1. The Hall–Kier alpha value is -2.13. The predicted octanol–water partition coefficient (Wildman–Crippen LogP) is 6.25. The molecule has 0 aromatic heterocycles. The van der Waals surface area contributed by atoms with Crippen LogP contribution in [0.3, 0.4) is 0 Å². The maximum Gasteiger partial charge on any atom is 0.254 e.